The van der Waals surface area contributed by atoms with Crippen LogP contribution in [0.25, 0.3) is 16.2 Å². The van der Waals surface area contributed by atoms with Gasteiger partial charge in [-0.15, -0.1) is 11.3 Å². The fourth-order valence-electron chi connectivity index (χ4n) is 3.25. The Labute approximate surface area is 170 Å². The first-order valence-corrected chi connectivity index (χ1v) is 10.4. The molecule has 3 aromatic rings. The van der Waals surface area contributed by atoms with Crippen molar-refractivity contribution < 1.29 is 9.59 Å². The number of carbonyl (C=O) groups is 2. The second-order valence-corrected chi connectivity index (χ2v) is 7.88. The smallest absolute Gasteiger partial charge is 0.272 e. The van der Waals surface area contributed by atoms with Crippen LogP contribution in [0.15, 0.2) is 23.8 Å². The van der Waals surface area contributed by atoms with Gasteiger partial charge in [0.05, 0.1) is 11.8 Å². The number of likely N-dealkylation sites (tertiary alicyclic amines) is 1. The van der Waals surface area contributed by atoms with Crippen LogP contribution in [-0.2, 0) is 4.79 Å². The van der Waals surface area contributed by atoms with E-state index in [1.54, 1.807) is 15.6 Å². The number of rotatable bonds is 4. The van der Waals surface area contributed by atoms with Gasteiger partial charge in [0.2, 0.25) is 5.91 Å². The average molecular weight is 419 g/mol. The third-order valence-electron chi connectivity index (χ3n) is 4.75. The minimum Gasteiger partial charge on any atom is -0.353 e. The number of aromatic nitrogens is 4. The third-order valence-corrected chi connectivity index (χ3v) is 5.84. The van der Waals surface area contributed by atoms with Crippen molar-refractivity contribution in [2.45, 2.75) is 32.2 Å². The first-order chi connectivity index (χ1) is 13.5. The molecule has 1 fully saturated rings. The summed E-state index contributed by atoms with van der Waals surface area (Å²) in [5.41, 5.74) is 1.01. The Kier molecular flexibility index (Phi) is 5.27. The Balaban J connectivity index is 1.52. The van der Waals surface area contributed by atoms with Crippen LogP contribution in [-0.4, -0.2) is 55.4 Å². The van der Waals surface area contributed by atoms with E-state index in [-0.39, 0.29) is 28.7 Å². The maximum Gasteiger partial charge on any atom is 0.272 e. The van der Waals surface area contributed by atoms with Gasteiger partial charge in [0.15, 0.2) is 5.82 Å². The molecule has 0 spiro atoms. The molecule has 0 aromatic carbocycles. The van der Waals surface area contributed by atoms with Gasteiger partial charge < -0.3 is 10.2 Å². The van der Waals surface area contributed by atoms with E-state index in [2.05, 4.69) is 20.4 Å². The van der Waals surface area contributed by atoms with E-state index < -0.39 is 0 Å². The lowest BCUT2D eigenvalue weighted by atomic mass is 10.0. The van der Waals surface area contributed by atoms with Gasteiger partial charge in [0.25, 0.3) is 5.91 Å². The number of fused-ring (bicyclic) bond motifs is 1. The molecule has 8 nitrogen and oxygen atoms in total. The summed E-state index contributed by atoms with van der Waals surface area (Å²) in [5.74, 6) is 0.247. The number of piperidine rings is 1. The zero-order valence-corrected chi connectivity index (χ0v) is 16.8. The predicted molar refractivity (Wildman–Crippen MR) is 106 cm³/mol. The van der Waals surface area contributed by atoms with Crippen LogP contribution >= 0.6 is 22.9 Å². The predicted octanol–water partition coefficient (Wildman–Crippen LogP) is 2.64. The van der Waals surface area contributed by atoms with Gasteiger partial charge in [-0.2, -0.15) is 5.10 Å². The lowest BCUT2D eigenvalue weighted by Crippen LogP contribution is -2.46. The number of hydrogen-bond acceptors (Lipinski definition) is 6. The molecule has 2 amide bonds. The van der Waals surface area contributed by atoms with Gasteiger partial charge in [-0.05, 0) is 12.8 Å². The molecule has 0 saturated carbocycles. The molecule has 28 heavy (non-hydrogen) atoms. The Bertz CT molecular complexity index is 1020. The minimum atomic E-state index is -0.180. The fraction of sp³-hybridized carbons (Fsp3) is 0.389. The normalized spacial score (nSPS) is 15.1. The van der Waals surface area contributed by atoms with Crippen molar-refractivity contribution in [3.05, 3.63) is 34.7 Å². The van der Waals surface area contributed by atoms with E-state index in [4.69, 9.17) is 11.6 Å². The molecule has 0 radical (unpaired) electrons. The van der Waals surface area contributed by atoms with Gasteiger partial charge in [0, 0.05) is 43.2 Å². The van der Waals surface area contributed by atoms with Crippen molar-refractivity contribution in [1.82, 2.24) is 29.8 Å². The van der Waals surface area contributed by atoms with Crippen molar-refractivity contribution in [1.29, 1.82) is 0 Å². The molecule has 0 atom stereocenters. The summed E-state index contributed by atoms with van der Waals surface area (Å²) in [6.07, 6.45) is 5.44. The van der Waals surface area contributed by atoms with Gasteiger partial charge >= 0.3 is 0 Å². The largest absolute Gasteiger partial charge is 0.353 e. The van der Waals surface area contributed by atoms with Crippen molar-refractivity contribution in [2.75, 3.05) is 13.1 Å². The van der Waals surface area contributed by atoms with E-state index in [1.165, 1.54) is 17.4 Å². The van der Waals surface area contributed by atoms with Crippen LogP contribution in [0.3, 0.4) is 0 Å². The summed E-state index contributed by atoms with van der Waals surface area (Å²) in [6.45, 7) is 2.95. The summed E-state index contributed by atoms with van der Waals surface area (Å²) in [5, 5.41) is 9.39. The van der Waals surface area contributed by atoms with Crippen molar-refractivity contribution >= 4 is 39.6 Å². The monoisotopic (exact) mass is 418 g/mol. The second-order valence-electron chi connectivity index (χ2n) is 6.60. The number of nitrogens with one attached hydrogen (secondary N) is 1. The van der Waals surface area contributed by atoms with Gasteiger partial charge in [0.1, 0.15) is 15.7 Å². The molecule has 4 heterocycles. The zero-order valence-electron chi connectivity index (χ0n) is 15.3. The van der Waals surface area contributed by atoms with E-state index in [9.17, 15) is 9.59 Å². The standard InChI is InChI=1S/C18H19ClN6O2S/c1-2-15(26)21-11-3-5-24(6-4-11)17(27)13-9-14(19)23-16(22-13)12-10-20-25-7-8-28-18(12)25/h7-11H,2-6H2,1H3,(H,21,26). The van der Waals surface area contributed by atoms with Crippen LogP contribution in [0.1, 0.15) is 36.7 Å². The average Bonchev–Trinajstić information content (AvgIpc) is 3.31. The van der Waals surface area contributed by atoms with Gasteiger partial charge in [-0.3, -0.25) is 9.59 Å². The van der Waals surface area contributed by atoms with E-state index in [1.807, 2.05) is 18.5 Å². The van der Waals surface area contributed by atoms with Crippen LogP contribution in [0.5, 0.6) is 0 Å². The first kappa shape index (κ1) is 18.8. The van der Waals surface area contributed by atoms with Gasteiger partial charge in [-0.1, -0.05) is 18.5 Å². The maximum absolute atomic E-state index is 12.9. The SMILES string of the molecule is CCC(=O)NC1CCN(C(=O)c2cc(Cl)nc(-c3cnn4ccsc34)n2)CC1. The molecule has 0 unspecified atom stereocenters. The van der Waals surface area contributed by atoms with Gasteiger partial charge in [-0.25, -0.2) is 14.5 Å². The topological polar surface area (TPSA) is 92.5 Å². The van der Waals surface area contributed by atoms with E-state index in [0.29, 0.717) is 25.3 Å². The molecule has 1 N–H and O–H groups in total. The zero-order chi connectivity index (χ0) is 19.7. The molecule has 3 aromatic heterocycles. The summed E-state index contributed by atoms with van der Waals surface area (Å²) in [4.78, 5) is 35.9. The molecule has 10 heteroatoms. The Morgan fingerprint density at radius 1 is 1.32 bits per heavy atom. The van der Waals surface area contributed by atoms with Crippen LogP contribution in [0.4, 0.5) is 0 Å². The molecule has 1 saturated heterocycles. The summed E-state index contributed by atoms with van der Waals surface area (Å²) < 4.78 is 1.74. The molecule has 4 rings (SSSR count). The number of halogens is 1. The number of thiazole rings is 1. The van der Waals surface area contributed by atoms with E-state index >= 15 is 0 Å². The molecule has 0 aliphatic carbocycles. The molecule has 146 valence electrons. The quantitative estimate of drug-likeness (QED) is 0.657. The molecule has 0 bridgehead atoms. The Morgan fingerprint density at radius 3 is 2.86 bits per heavy atom. The highest BCUT2D eigenvalue weighted by Crippen LogP contribution is 2.26. The van der Waals surface area contributed by atoms with Crippen LogP contribution in [0.2, 0.25) is 5.15 Å². The number of carbonyl (C=O) groups excluding carboxylic acids is 2. The summed E-state index contributed by atoms with van der Waals surface area (Å²) in [6, 6.07) is 1.61. The maximum atomic E-state index is 12.9. The highest BCUT2D eigenvalue weighted by molar-refractivity contribution is 7.16. The Morgan fingerprint density at radius 2 is 2.11 bits per heavy atom. The first-order valence-electron chi connectivity index (χ1n) is 9.09. The molecular formula is C18H19ClN6O2S. The molecule has 1 aliphatic rings. The summed E-state index contributed by atoms with van der Waals surface area (Å²) >= 11 is 7.70. The number of nitrogens with zero attached hydrogens (tertiary/aromatic N) is 5. The minimum absolute atomic E-state index is 0.0399. The number of amides is 2. The Hall–Kier alpha value is -2.52. The molecule has 1 aliphatic heterocycles. The van der Waals surface area contributed by atoms with Crippen LogP contribution in [0, 0.1) is 0 Å². The lowest BCUT2D eigenvalue weighted by Gasteiger charge is -2.32. The fourth-order valence-corrected chi connectivity index (χ4v) is 4.22. The lowest BCUT2D eigenvalue weighted by molar-refractivity contribution is -0.121. The highest BCUT2D eigenvalue weighted by Gasteiger charge is 2.26. The van der Waals surface area contributed by atoms with Crippen LogP contribution < -0.4 is 5.32 Å². The van der Waals surface area contributed by atoms with E-state index in [0.717, 1.165) is 23.2 Å². The van der Waals surface area contributed by atoms with Crippen molar-refractivity contribution in [3.63, 3.8) is 0 Å². The number of hydrogen-bond donors (Lipinski definition) is 1. The highest BCUT2D eigenvalue weighted by atomic mass is 35.5. The van der Waals surface area contributed by atoms with Crippen molar-refractivity contribution in [3.8, 4) is 11.4 Å². The third kappa shape index (κ3) is 3.72. The summed E-state index contributed by atoms with van der Waals surface area (Å²) in [7, 11) is 0. The molecular weight excluding hydrogens is 400 g/mol. The van der Waals surface area contributed by atoms with Crippen molar-refractivity contribution in [2.24, 2.45) is 0 Å². The second kappa shape index (κ2) is 7.84.